The lowest BCUT2D eigenvalue weighted by atomic mass is 10.1. The van der Waals surface area contributed by atoms with Crippen LogP contribution in [0.15, 0.2) is 24.3 Å². The number of methoxy groups -OCH3 is 1. The third-order valence-electron chi connectivity index (χ3n) is 3.62. The summed E-state index contributed by atoms with van der Waals surface area (Å²) >= 11 is 0. The van der Waals surface area contributed by atoms with Crippen molar-refractivity contribution >= 4 is 11.7 Å². The minimum Gasteiger partial charge on any atom is -0.496 e. The van der Waals surface area contributed by atoms with Gasteiger partial charge in [-0.15, -0.1) is 0 Å². The zero-order chi connectivity index (χ0) is 14.1. The van der Waals surface area contributed by atoms with Crippen LogP contribution in [0, 0.1) is 6.92 Å². The first-order valence-corrected chi connectivity index (χ1v) is 6.70. The lowest BCUT2D eigenvalue weighted by Crippen LogP contribution is -2.14. The number of hydrogen-bond acceptors (Lipinski definition) is 3. The van der Waals surface area contributed by atoms with Gasteiger partial charge in [-0.1, -0.05) is 12.1 Å². The average Bonchev–Trinajstić information content (AvgIpc) is 3.25. The standard InChI is InChI=1S/C15H17N3O2/c1-9-13(10-7-8-10)17-18-14(9)16-15(19)11-5-3-4-6-12(11)20-2/h3-6,10H,7-8H2,1-2H3,(H2,16,17,18,19). The Labute approximate surface area is 117 Å². The van der Waals surface area contributed by atoms with Crippen LogP contribution in [0.25, 0.3) is 0 Å². The molecule has 1 heterocycles. The Morgan fingerprint density at radius 1 is 1.40 bits per heavy atom. The molecule has 1 amide bonds. The fourth-order valence-corrected chi connectivity index (χ4v) is 2.31. The Morgan fingerprint density at radius 3 is 2.85 bits per heavy atom. The van der Waals surface area contributed by atoms with Crippen LogP contribution in [0.3, 0.4) is 0 Å². The maximum atomic E-state index is 12.3. The van der Waals surface area contributed by atoms with Gasteiger partial charge in [-0.2, -0.15) is 5.10 Å². The van der Waals surface area contributed by atoms with Crippen molar-refractivity contribution in [3.8, 4) is 5.75 Å². The molecule has 3 rings (SSSR count). The van der Waals surface area contributed by atoms with E-state index in [0.29, 0.717) is 23.0 Å². The summed E-state index contributed by atoms with van der Waals surface area (Å²) in [6.07, 6.45) is 2.39. The van der Waals surface area contributed by atoms with Gasteiger partial charge in [0.05, 0.1) is 12.7 Å². The Balaban J connectivity index is 1.82. The van der Waals surface area contributed by atoms with E-state index in [1.807, 2.05) is 19.1 Å². The van der Waals surface area contributed by atoms with Crippen molar-refractivity contribution in [1.82, 2.24) is 10.2 Å². The maximum Gasteiger partial charge on any atom is 0.260 e. The predicted molar refractivity (Wildman–Crippen MR) is 76.2 cm³/mol. The molecule has 0 bridgehead atoms. The number of benzene rings is 1. The second-order valence-electron chi connectivity index (χ2n) is 5.04. The molecule has 0 atom stereocenters. The van der Waals surface area contributed by atoms with Gasteiger partial charge in [-0.25, -0.2) is 0 Å². The van der Waals surface area contributed by atoms with Crippen LogP contribution in [0.4, 0.5) is 5.82 Å². The monoisotopic (exact) mass is 271 g/mol. The minimum atomic E-state index is -0.209. The highest BCUT2D eigenvalue weighted by Crippen LogP contribution is 2.41. The zero-order valence-corrected chi connectivity index (χ0v) is 11.6. The maximum absolute atomic E-state index is 12.3. The summed E-state index contributed by atoms with van der Waals surface area (Å²) in [7, 11) is 1.55. The van der Waals surface area contributed by atoms with Gasteiger partial charge in [-0.05, 0) is 31.9 Å². The fourth-order valence-electron chi connectivity index (χ4n) is 2.31. The molecule has 104 valence electrons. The van der Waals surface area contributed by atoms with E-state index in [4.69, 9.17) is 4.74 Å². The second kappa shape index (κ2) is 5.00. The van der Waals surface area contributed by atoms with Crippen molar-refractivity contribution in [2.24, 2.45) is 0 Å². The van der Waals surface area contributed by atoms with Gasteiger partial charge in [-0.3, -0.25) is 9.89 Å². The smallest absolute Gasteiger partial charge is 0.260 e. The Kier molecular flexibility index (Phi) is 3.18. The van der Waals surface area contributed by atoms with Crippen LogP contribution >= 0.6 is 0 Å². The van der Waals surface area contributed by atoms with Crippen molar-refractivity contribution in [3.63, 3.8) is 0 Å². The normalized spacial score (nSPS) is 14.1. The highest BCUT2D eigenvalue weighted by Gasteiger charge is 2.28. The van der Waals surface area contributed by atoms with Crippen molar-refractivity contribution in [2.45, 2.75) is 25.7 Å². The van der Waals surface area contributed by atoms with Gasteiger partial charge in [0.25, 0.3) is 5.91 Å². The van der Waals surface area contributed by atoms with Crippen LogP contribution in [0.2, 0.25) is 0 Å². The molecule has 1 fully saturated rings. The van der Waals surface area contributed by atoms with E-state index in [1.165, 1.54) is 12.8 Å². The first-order chi connectivity index (χ1) is 9.70. The van der Waals surface area contributed by atoms with E-state index >= 15 is 0 Å². The summed E-state index contributed by atoms with van der Waals surface area (Å²) in [5.74, 6) is 1.53. The first-order valence-electron chi connectivity index (χ1n) is 6.70. The van der Waals surface area contributed by atoms with Crippen molar-refractivity contribution in [3.05, 3.63) is 41.1 Å². The Bertz CT molecular complexity index is 644. The van der Waals surface area contributed by atoms with Crippen LogP contribution in [-0.2, 0) is 0 Å². The number of rotatable bonds is 4. The minimum absolute atomic E-state index is 0.209. The fraction of sp³-hybridized carbons (Fsp3) is 0.333. The van der Waals surface area contributed by atoms with Crippen LogP contribution in [0.5, 0.6) is 5.75 Å². The van der Waals surface area contributed by atoms with E-state index in [2.05, 4.69) is 15.5 Å². The van der Waals surface area contributed by atoms with E-state index in [0.717, 1.165) is 11.3 Å². The molecule has 0 saturated heterocycles. The second-order valence-corrected chi connectivity index (χ2v) is 5.04. The molecule has 1 saturated carbocycles. The highest BCUT2D eigenvalue weighted by molar-refractivity contribution is 6.06. The molecule has 1 aliphatic carbocycles. The summed E-state index contributed by atoms with van der Waals surface area (Å²) in [6.45, 7) is 1.98. The van der Waals surface area contributed by atoms with Gasteiger partial charge in [0.2, 0.25) is 0 Å². The summed E-state index contributed by atoms with van der Waals surface area (Å²) in [6, 6.07) is 7.14. The molecule has 0 radical (unpaired) electrons. The third kappa shape index (κ3) is 2.27. The summed E-state index contributed by atoms with van der Waals surface area (Å²) < 4.78 is 5.20. The van der Waals surface area contributed by atoms with Gasteiger partial charge in [0.1, 0.15) is 5.75 Å². The molecular weight excluding hydrogens is 254 g/mol. The van der Waals surface area contributed by atoms with Crippen LogP contribution < -0.4 is 10.1 Å². The number of aromatic amines is 1. The number of carbonyl (C=O) groups is 1. The molecule has 1 aromatic carbocycles. The van der Waals surface area contributed by atoms with Gasteiger partial charge < -0.3 is 10.1 Å². The largest absolute Gasteiger partial charge is 0.496 e. The number of amides is 1. The molecule has 5 nitrogen and oxygen atoms in total. The van der Waals surface area contributed by atoms with Crippen LogP contribution in [0.1, 0.15) is 40.4 Å². The molecule has 1 aliphatic rings. The van der Waals surface area contributed by atoms with Gasteiger partial charge in [0, 0.05) is 17.2 Å². The number of anilines is 1. The van der Waals surface area contributed by atoms with E-state index < -0.39 is 0 Å². The molecule has 1 aromatic heterocycles. The summed E-state index contributed by atoms with van der Waals surface area (Å²) in [4.78, 5) is 12.3. The number of carbonyl (C=O) groups excluding carboxylic acids is 1. The Morgan fingerprint density at radius 2 is 2.15 bits per heavy atom. The zero-order valence-electron chi connectivity index (χ0n) is 11.6. The Hall–Kier alpha value is -2.30. The molecule has 0 aliphatic heterocycles. The predicted octanol–water partition coefficient (Wildman–Crippen LogP) is 2.86. The number of nitrogens with zero attached hydrogens (tertiary/aromatic N) is 1. The van der Waals surface area contributed by atoms with Crippen LogP contribution in [-0.4, -0.2) is 23.2 Å². The first kappa shape index (κ1) is 12.7. The van der Waals surface area contributed by atoms with Crippen molar-refractivity contribution < 1.29 is 9.53 Å². The highest BCUT2D eigenvalue weighted by atomic mass is 16.5. The number of ether oxygens (including phenoxy) is 1. The number of H-pyrrole nitrogens is 1. The van der Waals surface area contributed by atoms with E-state index in [-0.39, 0.29) is 5.91 Å². The van der Waals surface area contributed by atoms with E-state index in [1.54, 1.807) is 19.2 Å². The molecule has 2 N–H and O–H groups in total. The lowest BCUT2D eigenvalue weighted by Gasteiger charge is -2.08. The molecule has 0 unspecified atom stereocenters. The number of hydrogen-bond donors (Lipinski definition) is 2. The lowest BCUT2D eigenvalue weighted by molar-refractivity contribution is 0.102. The summed E-state index contributed by atoms with van der Waals surface area (Å²) in [5, 5.41) is 10.1. The van der Waals surface area contributed by atoms with Gasteiger partial charge in [0.15, 0.2) is 5.82 Å². The number of para-hydroxylation sites is 1. The topological polar surface area (TPSA) is 67.0 Å². The number of aromatic nitrogens is 2. The molecule has 5 heteroatoms. The third-order valence-corrected chi connectivity index (χ3v) is 3.62. The molecular formula is C15H17N3O2. The molecule has 2 aromatic rings. The van der Waals surface area contributed by atoms with Gasteiger partial charge >= 0.3 is 0 Å². The SMILES string of the molecule is COc1ccccc1C(=O)Nc1n[nH]c(C2CC2)c1C. The quantitative estimate of drug-likeness (QED) is 0.898. The molecule has 0 spiro atoms. The number of nitrogens with one attached hydrogen (secondary N) is 2. The van der Waals surface area contributed by atoms with Crippen molar-refractivity contribution in [1.29, 1.82) is 0 Å². The summed E-state index contributed by atoms with van der Waals surface area (Å²) in [5.41, 5.74) is 2.67. The molecule has 20 heavy (non-hydrogen) atoms. The van der Waals surface area contributed by atoms with E-state index in [9.17, 15) is 4.79 Å². The average molecular weight is 271 g/mol. The van der Waals surface area contributed by atoms with Crippen molar-refractivity contribution in [2.75, 3.05) is 12.4 Å².